The second-order valence-corrected chi connectivity index (χ2v) is 4.77. The van der Waals surface area contributed by atoms with Gasteiger partial charge < -0.3 is 9.84 Å². The summed E-state index contributed by atoms with van der Waals surface area (Å²) in [6.45, 7) is 5.62. The molecule has 1 saturated carbocycles. The third kappa shape index (κ3) is 2.10. The molecule has 0 bridgehead atoms. The van der Waals surface area contributed by atoms with Gasteiger partial charge in [-0.1, -0.05) is 12.8 Å². The van der Waals surface area contributed by atoms with Crippen LogP contribution in [0.4, 0.5) is 0 Å². The van der Waals surface area contributed by atoms with E-state index in [0.29, 0.717) is 6.04 Å². The third-order valence-electron chi connectivity index (χ3n) is 3.61. The smallest absolute Gasteiger partial charge is 0.0774 e. The molecule has 0 spiro atoms. The van der Waals surface area contributed by atoms with Gasteiger partial charge in [0.05, 0.1) is 18.8 Å². The molecule has 2 rings (SSSR count). The highest BCUT2D eigenvalue weighted by atomic mass is 16.5. The van der Waals surface area contributed by atoms with Gasteiger partial charge in [0, 0.05) is 19.1 Å². The topological polar surface area (TPSA) is 32.7 Å². The molecule has 0 aromatic rings. The van der Waals surface area contributed by atoms with Crippen molar-refractivity contribution in [3.05, 3.63) is 0 Å². The van der Waals surface area contributed by atoms with E-state index < -0.39 is 5.60 Å². The zero-order valence-corrected chi connectivity index (χ0v) is 9.04. The standard InChI is InChI=1S/C11H21NO2/c1-11(13)5-3-2-4-10(11)12-6-8-14-9-7-12/h10,13H,2-9H2,1H3/t10-,11-/m0/s1. The van der Waals surface area contributed by atoms with Crippen LogP contribution < -0.4 is 0 Å². The summed E-state index contributed by atoms with van der Waals surface area (Å²) in [4.78, 5) is 2.41. The fourth-order valence-corrected chi connectivity index (χ4v) is 2.76. The van der Waals surface area contributed by atoms with Crippen LogP contribution in [0.2, 0.25) is 0 Å². The van der Waals surface area contributed by atoms with Crippen molar-refractivity contribution in [2.24, 2.45) is 0 Å². The molecule has 2 aliphatic rings. The Bertz CT molecular complexity index is 188. The van der Waals surface area contributed by atoms with Gasteiger partial charge in [0.1, 0.15) is 0 Å². The molecule has 14 heavy (non-hydrogen) atoms. The number of morpholine rings is 1. The number of hydrogen-bond donors (Lipinski definition) is 1. The van der Waals surface area contributed by atoms with E-state index in [1.807, 2.05) is 6.92 Å². The molecule has 82 valence electrons. The highest BCUT2D eigenvalue weighted by Crippen LogP contribution is 2.32. The Morgan fingerprint density at radius 2 is 2.00 bits per heavy atom. The van der Waals surface area contributed by atoms with Crippen molar-refractivity contribution in [2.45, 2.75) is 44.2 Å². The van der Waals surface area contributed by atoms with Gasteiger partial charge in [-0.15, -0.1) is 0 Å². The van der Waals surface area contributed by atoms with Crippen molar-refractivity contribution in [1.29, 1.82) is 0 Å². The van der Waals surface area contributed by atoms with Crippen molar-refractivity contribution in [3.8, 4) is 0 Å². The van der Waals surface area contributed by atoms with Crippen LogP contribution in [0.15, 0.2) is 0 Å². The van der Waals surface area contributed by atoms with E-state index >= 15 is 0 Å². The van der Waals surface area contributed by atoms with E-state index in [1.54, 1.807) is 0 Å². The summed E-state index contributed by atoms with van der Waals surface area (Å²) >= 11 is 0. The molecule has 3 heteroatoms. The lowest BCUT2D eigenvalue weighted by Gasteiger charge is -2.45. The summed E-state index contributed by atoms with van der Waals surface area (Å²) in [5.41, 5.74) is -0.477. The minimum Gasteiger partial charge on any atom is -0.389 e. The summed E-state index contributed by atoms with van der Waals surface area (Å²) in [5, 5.41) is 10.3. The summed E-state index contributed by atoms with van der Waals surface area (Å²) in [5.74, 6) is 0. The lowest BCUT2D eigenvalue weighted by Crippen LogP contribution is -2.55. The summed E-state index contributed by atoms with van der Waals surface area (Å²) < 4.78 is 5.34. The van der Waals surface area contributed by atoms with Crippen molar-refractivity contribution >= 4 is 0 Å². The molecular weight excluding hydrogens is 178 g/mol. The quantitative estimate of drug-likeness (QED) is 0.684. The van der Waals surface area contributed by atoms with E-state index in [1.165, 1.54) is 12.8 Å². The molecule has 0 amide bonds. The molecule has 0 unspecified atom stereocenters. The molecule has 0 aromatic heterocycles. The predicted octanol–water partition coefficient (Wildman–Crippen LogP) is 1.01. The summed E-state index contributed by atoms with van der Waals surface area (Å²) in [6.07, 6.45) is 4.54. The lowest BCUT2D eigenvalue weighted by atomic mass is 9.80. The first kappa shape index (κ1) is 10.4. The van der Waals surface area contributed by atoms with E-state index in [2.05, 4.69) is 4.90 Å². The monoisotopic (exact) mass is 199 g/mol. The van der Waals surface area contributed by atoms with E-state index in [0.717, 1.165) is 39.1 Å². The Morgan fingerprint density at radius 1 is 1.29 bits per heavy atom. The third-order valence-corrected chi connectivity index (χ3v) is 3.61. The molecule has 1 heterocycles. The number of rotatable bonds is 1. The van der Waals surface area contributed by atoms with Gasteiger partial charge in [0.15, 0.2) is 0 Å². The van der Waals surface area contributed by atoms with E-state index in [9.17, 15) is 5.11 Å². The van der Waals surface area contributed by atoms with Gasteiger partial charge in [0.2, 0.25) is 0 Å². The van der Waals surface area contributed by atoms with Gasteiger partial charge >= 0.3 is 0 Å². The molecule has 0 radical (unpaired) electrons. The molecular formula is C11H21NO2. The lowest BCUT2D eigenvalue weighted by molar-refractivity contribution is -0.0867. The van der Waals surface area contributed by atoms with Crippen LogP contribution in [-0.4, -0.2) is 48.0 Å². The Kier molecular flexibility index (Phi) is 3.10. The average molecular weight is 199 g/mol. The number of ether oxygens (including phenoxy) is 1. The molecule has 1 aliphatic carbocycles. The van der Waals surface area contributed by atoms with Crippen LogP contribution in [0.3, 0.4) is 0 Å². The Morgan fingerprint density at radius 3 is 2.64 bits per heavy atom. The van der Waals surface area contributed by atoms with Crippen molar-refractivity contribution in [3.63, 3.8) is 0 Å². The predicted molar refractivity (Wildman–Crippen MR) is 55.3 cm³/mol. The minimum absolute atomic E-state index is 0.361. The average Bonchev–Trinajstić information content (AvgIpc) is 2.18. The van der Waals surface area contributed by atoms with Crippen LogP contribution in [0.1, 0.15) is 32.6 Å². The fraction of sp³-hybridized carbons (Fsp3) is 1.00. The Hall–Kier alpha value is -0.120. The first-order valence-electron chi connectivity index (χ1n) is 5.74. The SMILES string of the molecule is C[C@]1(O)CCCC[C@@H]1N1CCOCC1. The maximum atomic E-state index is 10.3. The number of hydrogen-bond acceptors (Lipinski definition) is 3. The van der Waals surface area contributed by atoms with Gasteiger partial charge in [-0.3, -0.25) is 4.90 Å². The van der Waals surface area contributed by atoms with Crippen LogP contribution in [0.25, 0.3) is 0 Å². The number of aliphatic hydroxyl groups is 1. The van der Waals surface area contributed by atoms with Crippen LogP contribution in [0, 0.1) is 0 Å². The van der Waals surface area contributed by atoms with Gasteiger partial charge in [-0.25, -0.2) is 0 Å². The molecule has 1 N–H and O–H groups in total. The molecule has 1 aliphatic heterocycles. The Labute approximate surface area is 86.0 Å². The van der Waals surface area contributed by atoms with Crippen molar-refractivity contribution < 1.29 is 9.84 Å². The molecule has 0 aromatic carbocycles. The molecule has 2 fully saturated rings. The second-order valence-electron chi connectivity index (χ2n) is 4.77. The fourth-order valence-electron chi connectivity index (χ4n) is 2.76. The maximum Gasteiger partial charge on any atom is 0.0774 e. The van der Waals surface area contributed by atoms with Crippen LogP contribution >= 0.6 is 0 Å². The van der Waals surface area contributed by atoms with Gasteiger partial charge in [-0.05, 0) is 19.8 Å². The second kappa shape index (κ2) is 4.17. The normalized spacial score (nSPS) is 41.1. The summed E-state index contributed by atoms with van der Waals surface area (Å²) in [6, 6.07) is 0.361. The van der Waals surface area contributed by atoms with Crippen molar-refractivity contribution in [1.82, 2.24) is 4.90 Å². The molecule has 2 atom stereocenters. The molecule has 3 nitrogen and oxygen atoms in total. The zero-order valence-electron chi connectivity index (χ0n) is 9.04. The first-order chi connectivity index (χ1) is 6.70. The highest BCUT2D eigenvalue weighted by molar-refractivity contribution is 4.93. The Balaban J connectivity index is 1.99. The van der Waals surface area contributed by atoms with E-state index in [-0.39, 0.29) is 0 Å². The highest BCUT2D eigenvalue weighted by Gasteiger charge is 2.38. The first-order valence-corrected chi connectivity index (χ1v) is 5.74. The molecule has 1 saturated heterocycles. The summed E-state index contributed by atoms with van der Waals surface area (Å²) in [7, 11) is 0. The van der Waals surface area contributed by atoms with Gasteiger partial charge in [0.25, 0.3) is 0 Å². The van der Waals surface area contributed by atoms with E-state index in [4.69, 9.17) is 4.74 Å². The number of nitrogens with zero attached hydrogens (tertiary/aromatic N) is 1. The maximum absolute atomic E-state index is 10.3. The largest absolute Gasteiger partial charge is 0.389 e. The zero-order chi connectivity index (χ0) is 10.0. The van der Waals surface area contributed by atoms with Crippen molar-refractivity contribution in [2.75, 3.05) is 26.3 Å². The minimum atomic E-state index is -0.477. The van der Waals surface area contributed by atoms with Gasteiger partial charge in [-0.2, -0.15) is 0 Å². The van der Waals surface area contributed by atoms with Crippen LogP contribution in [-0.2, 0) is 4.74 Å². The van der Waals surface area contributed by atoms with Crippen LogP contribution in [0.5, 0.6) is 0 Å².